The minimum atomic E-state index is -0.471. The van der Waals surface area contributed by atoms with Gasteiger partial charge in [0.2, 0.25) is 5.75 Å². The van der Waals surface area contributed by atoms with E-state index in [1.807, 2.05) is 32.9 Å². The van der Waals surface area contributed by atoms with Crippen molar-refractivity contribution in [3.63, 3.8) is 0 Å². The summed E-state index contributed by atoms with van der Waals surface area (Å²) in [5.41, 5.74) is 0.565. The van der Waals surface area contributed by atoms with Gasteiger partial charge in [-0.15, -0.1) is 0 Å². The molecule has 0 saturated heterocycles. The van der Waals surface area contributed by atoms with E-state index in [0.717, 1.165) is 12.0 Å². The maximum absolute atomic E-state index is 12.1. The number of hydrogen-bond acceptors (Lipinski definition) is 4. The summed E-state index contributed by atoms with van der Waals surface area (Å²) in [4.78, 5) is 12.1. The van der Waals surface area contributed by atoms with E-state index in [1.165, 1.54) is 7.11 Å². The first-order chi connectivity index (χ1) is 9.39. The number of rotatable bonds is 4. The molecule has 0 saturated carbocycles. The molecule has 1 aromatic carbocycles. The molecule has 0 unspecified atom stereocenters. The highest BCUT2D eigenvalue weighted by molar-refractivity contribution is 6.00. The topological polar surface area (TPSA) is 55.8 Å². The van der Waals surface area contributed by atoms with Crippen LogP contribution in [0.1, 0.15) is 49.5 Å². The summed E-state index contributed by atoms with van der Waals surface area (Å²) in [6, 6.07) is 1.66. The molecule has 2 rings (SSSR count). The molecule has 0 atom stereocenters. The van der Waals surface area contributed by atoms with Gasteiger partial charge in [-0.2, -0.15) is 0 Å². The van der Waals surface area contributed by atoms with E-state index in [2.05, 4.69) is 0 Å². The van der Waals surface area contributed by atoms with Crippen molar-refractivity contribution in [2.24, 2.45) is 0 Å². The SMILES string of the molecule is CCCC(=O)c1cc2c(c(OC)c1O)OC(C)(C)C=C2. The van der Waals surface area contributed by atoms with Gasteiger partial charge in [0.05, 0.1) is 12.7 Å². The molecule has 0 fully saturated rings. The summed E-state index contributed by atoms with van der Waals surface area (Å²) in [5.74, 6) is 0.463. The molecule has 0 aromatic heterocycles. The second kappa shape index (κ2) is 5.19. The van der Waals surface area contributed by atoms with Crippen LogP contribution in [-0.4, -0.2) is 23.6 Å². The number of carbonyl (C=O) groups excluding carboxylic acids is 1. The number of Topliss-reactive ketones (excluding diaryl/α,β-unsaturated/α-hetero) is 1. The highest BCUT2D eigenvalue weighted by Gasteiger charge is 2.29. The van der Waals surface area contributed by atoms with E-state index < -0.39 is 5.60 Å². The molecule has 20 heavy (non-hydrogen) atoms. The molecule has 0 aliphatic carbocycles. The van der Waals surface area contributed by atoms with Gasteiger partial charge in [-0.1, -0.05) is 13.0 Å². The van der Waals surface area contributed by atoms with E-state index in [-0.39, 0.29) is 22.8 Å². The molecule has 1 aromatic rings. The first kappa shape index (κ1) is 14.4. The second-order valence-corrected chi connectivity index (χ2v) is 5.44. The smallest absolute Gasteiger partial charge is 0.204 e. The lowest BCUT2D eigenvalue weighted by atomic mass is 9.97. The number of methoxy groups -OCH3 is 1. The Balaban J connectivity index is 2.58. The molecule has 108 valence electrons. The van der Waals surface area contributed by atoms with E-state index >= 15 is 0 Å². The van der Waals surface area contributed by atoms with Crippen LogP contribution < -0.4 is 9.47 Å². The van der Waals surface area contributed by atoms with Crippen LogP contribution in [0.25, 0.3) is 6.08 Å². The molecule has 0 radical (unpaired) electrons. The van der Waals surface area contributed by atoms with E-state index in [4.69, 9.17) is 9.47 Å². The Labute approximate surface area is 119 Å². The number of hydrogen-bond donors (Lipinski definition) is 1. The Morgan fingerprint density at radius 3 is 2.75 bits per heavy atom. The number of phenolic OH excluding ortho intramolecular Hbond substituents is 1. The first-order valence-electron chi connectivity index (χ1n) is 6.75. The molecule has 0 spiro atoms. The van der Waals surface area contributed by atoms with Crippen molar-refractivity contribution in [2.75, 3.05) is 7.11 Å². The highest BCUT2D eigenvalue weighted by Crippen LogP contribution is 2.46. The Hall–Kier alpha value is -1.97. The van der Waals surface area contributed by atoms with Gasteiger partial charge < -0.3 is 14.6 Å². The number of benzene rings is 1. The molecular weight excluding hydrogens is 256 g/mol. The van der Waals surface area contributed by atoms with Gasteiger partial charge in [0, 0.05) is 12.0 Å². The molecule has 1 aliphatic rings. The number of phenols is 1. The number of ketones is 1. The van der Waals surface area contributed by atoms with Crippen LogP contribution in [-0.2, 0) is 0 Å². The molecule has 1 aliphatic heterocycles. The van der Waals surface area contributed by atoms with Crippen molar-refractivity contribution >= 4 is 11.9 Å². The number of fused-ring (bicyclic) bond motifs is 1. The second-order valence-electron chi connectivity index (χ2n) is 5.44. The predicted molar refractivity (Wildman–Crippen MR) is 77.6 cm³/mol. The van der Waals surface area contributed by atoms with Crippen molar-refractivity contribution in [1.82, 2.24) is 0 Å². The quantitative estimate of drug-likeness (QED) is 0.854. The maximum Gasteiger partial charge on any atom is 0.204 e. The summed E-state index contributed by atoms with van der Waals surface area (Å²) in [6.07, 6.45) is 4.94. The fourth-order valence-corrected chi connectivity index (χ4v) is 2.23. The number of ether oxygens (including phenoxy) is 2. The third kappa shape index (κ3) is 2.50. The third-order valence-electron chi connectivity index (χ3n) is 3.25. The van der Waals surface area contributed by atoms with Gasteiger partial charge in [0.25, 0.3) is 0 Å². The number of carbonyl (C=O) groups is 1. The van der Waals surface area contributed by atoms with Crippen LogP contribution in [0.15, 0.2) is 12.1 Å². The first-order valence-corrected chi connectivity index (χ1v) is 6.75. The Morgan fingerprint density at radius 2 is 2.15 bits per heavy atom. The van der Waals surface area contributed by atoms with Gasteiger partial charge in [0.1, 0.15) is 5.60 Å². The maximum atomic E-state index is 12.1. The monoisotopic (exact) mass is 276 g/mol. The minimum Gasteiger partial charge on any atom is -0.504 e. The Bertz CT molecular complexity index is 570. The summed E-state index contributed by atoms with van der Waals surface area (Å²) in [7, 11) is 1.46. The molecule has 0 bridgehead atoms. The van der Waals surface area contributed by atoms with Crippen LogP contribution in [0.5, 0.6) is 17.2 Å². The van der Waals surface area contributed by atoms with Crippen molar-refractivity contribution in [1.29, 1.82) is 0 Å². The Morgan fingerprint density at radius 1 is 1.45 bits per heavy atom. The standard InChI is InChI=1S/C16H20O4/c1-5-6-12(17)11-9-10-7-8-16(2,3)20-14(10)15(19-4)13(11)18/h7-9,18H,5-6H2,1-4H3. The fourth-order valence-electron chi connectivity index (χ4n) is 2.23. The minimum absolute atomic E-state index is 0.0932. The summed E-state index contributed by atoms with van der Waals surface area (Å²) in [6.45, 7) is 5.76. The molecule has 4 nitrogen and oxygen atoms in total. The van der Waals surface area contributed by atoms with Crippen molar-refractivity contribution in [3.8, 4) is 17.2 Å². The zero-order valence-corrected chi connectivity index (χ0v) is 12.3. The average Bonchev–Trinajstić information content (AvgIpc) is 2.37. The lowest BCUT2D eigenvalue weighted by molar-refractivity contribution is 0.0978. The normalized spacial score (nSPS) is 15.4. The van der Waals surface area contributed by atoms with Crippen molar-refractivity contribution in [2.45, 2.75) is 39.2 Å². The van der Waals surface area contributed by atoms with Crippen molar-refractivity contribution in [3.05, 3.63) is 23.3 Å². The van der Waals surface area contributed by atoms with Gasteiger partial charge >= 0.3 is 0 Å². The zero-order chi connectivity index (χ0) is 14.9. The highest BCUT2D eigenvalue weighted by atomic mass is 16.5. The van der Waals surface area contributed by atoms with Crippen LogP contribution in [0.2, 0.25) is 0 Å². The van der Waals surface area contributed by atoms with Crippen LogP contribution in [0, 0.1) is 0 Å². The van der Waals surface area contributed by atoms with Gasteiger partial charge in [-0.05, 0) is 32.4 Å². The van der Waals surface area contributed by atoms with Crippen LogP contribution in [0.3, 0.4) is 0 Å². The lowest BCUT2D eigenvalue weighted by Gasteiger charge is -2.29. The molecule has 4 heteroatoms. The van der Waals surface area contributed by atoms with Gasteiger partial charge in [-0.25, -0.2) is 0 Å². The third-order valence-corrected chi connectivity index (χ3v) is 3.25. The molecule has 1 heterocycles. The van der Waals surface area contributed by atoms with Gasteiger partial charge in [-0.3, -0.25) is 4.79 Å². The largest absolute Gasteiger partial charge is 0.504 e. The Kier molecular flexibility index (Phi) is 3.75. The van der Waals surface area contributed by atoms with Crippen LogP contribution in [0.4, 0.5) is 0 Å². The van der Waals surface area contributed by atoms with Crippen molar-refractivity contribution < 1.29 is 19.4 Å². The molecule has 1 N–H and O–H groups in total. The number of aromatic hydroxyl groups is 1. The van der Waals surface area contributed by atoms with Crippen LogP contribution >= 0.6 is 0 Å². The molecular formula is C16H20O4. The fraction of sp³-hybridized carbons (Fsp3) is 0.438. The zero-order valence-electron chi connectivity index (χ0n) is 12.3. The predicted octanol–water partition coefficient (Wildman–Crippen LogP) is 3.57. The van der Waals surface area contributed by atoms with E-state index in [1.54, 1.807) is 6.07 Å². The lowest BCUT2D eigenvalue weighted by Crippen LogP contribution is -2.28. The summed E-state index contributed by atoms with van der Waals surface area (Å²) in [5, 5.41) is 10.3. The van der Waals surface area contributed by atoms with E-state index in [9.17, 15) is 9.90 Å². The molecule has 0 amide bonds. The average molecular weight is 276 g/mol. The summed E-state index contributed by atoms with van der Waals surface area (Å²) >= 11 is 0. The van der Waals surface area contributed by atoms with Gasteiger partial charge in [0.15, 0.2) is 17.3 Å². The van der Waals surface area contributed by atoms with E-state index in [0.29, 0.717) is 12.2 Å². The summed E-state index contributed by atoms with van der Waals surface area (Å²) < 4.78 is 11.1.